The molecule has 0 saturated heterocycles. The SMILES string of the molecule is CC(C)Cc1ccc2c(c1)C(=O)CC(C)(C)CO2. The van der Waals surface area contributed by atoms with E-state index in [4.69, 9.17) is 4.74 Å². The van der Waals surface area contributed by atoms with E-state index in [-0.39, 0.29) is 11.2 Å². The van der Waals surface area contributed by atoms with Crippen molar-refractivity contribution < 1.29 is 9.53 Å². The van der Waals surface area contributed by atoms with E-state index < -0.39 is 0 Å². The van der Waals surface area contributed by atoms with Crippen LogP contribution in [0.3, 0.4) is 0 Å². The molecule has 1 aliphatic rings. The van der Waals surface area contributed by atoms with Gasteiger partial charge in [-0.25, -0.2) is 0 Å². The molecule has 2 heteroatoms. The lowest BCUT2D eigenvalue weighted by atomic mass is 9.87. The number of ether oxygens (including phenoxy) is 1. The van der Waals surface area contributed by atoms with Gasteiger partial charge in [0, 0.05) is 11.8 Å². The second-order valence-corrected chi connectivity index (χ2v) is 6.48. The van der Waals surface area contributed by atoms with Crippen LogP contribution in [-0.4, -0.2) is 12.4 Å². The highest BCUT2D eigenvalue weighted by molar-refractivity contribution is 5.99. The Balaban J connectivity index is 2.33. The van der Waals surface area contributed by atoms with Gasteiger partial charge in [-0.1, -0.05) is 33.8 Å². The molecular weight excluding hydrogens is 224 g/mol. The van der Waals surface area contributed by atoms with Crippen LogP contribution in [0.25, 0.3) is 0 Å². The summed E-state index contributed by atoms with van der Waals surface area (Å²) in [6, 6.07) is 6.04. The second-order valence-electron chi connectivity index (χ2n) is 6.48. The van der Waals surface area contributed by atoms with Gasteiger partial charge in [-0.05, 0) is 30.0 Å². The number of fused-ring (bicyclic) bond motifs is 1. The van der Waals surface area contributed by atoms with Crippen molar-refractivity contribution in [3.8, 4) is 5.75 Å². The van der Waals surface area contributed by atoms with Crippen LogP contribution in [0, 0.1) is 11.3 Å². The van der Waals surface area contributed by atoms with Crippen LogP contribution in [0.15, 0.2) is 18.2 Å². The Morgan fingerprint density at radius 1 is 1.33 bits per heavy atom. The molecule has 2 rings (SSSR count). The van der Waals surface area contributed by atoms with Gasteiger partial charge in [0.2, 0.25) is 0 Å². The maximum Gasteiger partial charge on any atom is 0.167 e. The molecule has 0 radical (unpaired) electrons. The number of carbonyl (C=O) groups excluding carboxylic acids is 1. The molecule has 1 aromatic carbocycles. The Bertz CT molecular complexity index is 458. The lowest BCUT2D eigenvalue weighted by Crippen LogP contribution is -2.21. The summed E-state index contributed by atoms with van der Waals surface area (Å²) < 4.78 is 5.77. The molecule has 1 aromatic rings. The average molecular weight is 246 g/mol. The zero-order chi connectivity index (χ0) is 13.3. The van der Waals surface area contributed by atoms with Gasteiger partial charge in [-0.15, -0.1) is 0 Å². The Labute approximate surface area is 109 Å². The van der Waals surface area contributed by atoms with Crippen LogP contribution >= 0.6 is 0 Å². The summed E-state index contributed by atoms with van der Waals surface area (Å²) in [5, 5.41) is 0. The van der Waals surface area contributed by atoms with Crippen LogP contribution < -0.4 is 4.74 Å². The first kappa shape index (κ1) is 13.1. The number of hydrogen-bond acceptors (Lipinski definition) is 2. The topological polar surface area (TPSA) is 26.3 Å². The first-order chi connectivity index (χ1) is 8.37. The summed E-state index contributed by atoms with van der Waals surface area (Å²) in [5.41, 5.74) is 1.91. The third-order valence-electron chi connectivity index (χ3n) is 3.25. The van der Waals surface area contributed by atoms with Crippen LogP contribution in [0.1, 0.15) is 50.0 Å². The van der Waals surface area contributed by atoms with E-state index in [1.54, 1.807) is 0 Å². The Morgan fingerprint density at radius 2 is 2.06 bits per heavy atom. The van der Waals surface area contributed by atoms with E-state index in [1.807, 2.05) is 12.1 Å². The smallest absolute Gasteiger partial charge is 0.167 e. The second kappa shape index (κ2) is 4.75. The van der Waals surface area contributed by atoms with Gasteiger partial charge in [-0.2, -0.15) is 0 Å². The third kappa shape index (κ3) is 2.92. The summed E-state index contributed by atoms with van der Waals surface area (Å²) in [5.74, 6) is 1.55. The molecule has 0 atom stereocenters. The molecule has 18 heavy (non-hydrogen) atoms. The molecule has 0 amide bonds. The molecule has 0 fully saturated rings. The van der Waals surface area contributed by atoms with Gasteiger partial charge in [0.15, 0.2) is 5.78 Å². The number of hydrogen-bond donors (Lipinski definition) is 0. The summed E-state index contributed by atoms with van der Waals surface area (Å²) in [7, 11) is 0. The summed E-state index contributed by atoms with van der Waals surface area (Å²) in [6.07, 6.45) is 1.56. The molecule has 0 unspecified atom stereocenters. The molecule has 0 aromatic heterocycles. The molecule has 98 valence electrons. The highest BCUT2D eigenvalue weighted by Gasteiger charge is 2.29. The summed E-state index contributed by atoms with van der Waals surface area (Å²) in [4.78, 5) is 12.3. The number of Topliss-reactive ketones (excluding diaryl/α,β-unsaturated/α-hetero) is 1. The van der Waals surface area contributed by atoms with Crippen molar-refractivity contribution in [3.63, 3.8) is 0 Å². The minimum absolute atomic E-state index is 0.0751. The maximum absolute atomic E-state index is 12.3. The number of carbonyl (C=O) groups is 1. The summed E-state index contributed by atoms with van der Waals surface area (Å²) >= 11 is 0. The van der Waals surface area contributed by atoms with Gasteiger partial charge in [0.25, 0.3) is 0 Å². The molecule has 0 spiro atoms. The summed E-state index contributed by atoms with van der Waals surface area (Å²) in [6.45, 7) is 9.13. The highest BCUT2D eigenvalue weighted by Crippen LogP contribution is 2.33. The fourth-order valence-corrected chi connectivity index (χ4v) is 2.37. The van der Waals surface area contributed by atoms with Crippen LogP contribution in [0.4, 0.5) is 0 Å². The fraction of sp³-hybridized carbons (Fsp3) is 0.562. The highest BCUT2D eigenvalue weighted by atomic mass is 16.5. The average Bonchev–Trinajstić information content (AvgIpc) is 2.35. The van der Waals surface area contributed by atoms with Gasteiger partial charge in [0.05, 0.1) is 12.2 Å². The Morgan fingerprint density at radius 3 is 2.72 bits per heavy atom. The zero-order valence-electron chi connectivity index (χ0n) is 11.7. The quantitative estimate of drug-likeness (QED) is 0.791. The first-order valence-corrected chi connectivity index (χ1v) is 6.66. The number of rotatable bonds is 2. The molecule has 2 nitrogen and oxygen atoms in total. The van der Waals surface area contributed by atoms with Crippen LogP contribution in [0.2, 0.25) is 0 Å². The normalized spacial score (nSPS) is 18.2. The van der Waals surface area contributed by atoms with Gasteiger partial charge in [0.1, 0.15) is 5.75 Å². The fourth-order valence-electron chi connectivity index (χ4n) is 2.37. The van der Waals surface area contributed by atoms with Crippen molar-refractivity contribution in [2.45, 2.75) is 40.5 Å². The Kier molecular flexibility index (Phi) is 3.47. The predicted octanol–water partition coefficient (Wildman–Crippen LogP) is 3.88. The molecule has 0 N–H and O–H groups in total. The first-order valence-electron chi connectivity index (χ1n) is 6.66. The maximum atomic E-state index is 12.3. The van der Waals surface area contributed by atoms with Gasteiger partial charge >= 0.3 is 0 Å². The van der Waals surface area contributed by atoms with Crippen molar-refractivity contribution in [2.75, 3.05) is 6.61 Å². The standard InChI is InChI=1S/C16H22O2/c1-11(2)7-12-5-6-15-13(8-12)14(17)9-16(3,4)10-18-15/h5-6,8,11H,7,9-10H2,1-4H3. The number of benzene rings is 1. The van der Waals surface area contributed by atoms with Gasteiger partial charge < -0.3 is 4.74 Å². The van der Waals surface area contributed by atoms with Crippen LogP contribution in [-0.2, 0) is 6.42 Å². The monoisotopic (exact) mass is 246 g/mol. The Hall–Kier alpha value is -1.31. The van der Waals surface area contributed by atoms with Crippen molar-refractivity contribution in [2.24, 2.45) is 11.3 Å². The van der Waals surface area contributed by atoms with Gasteiger partial charge in [-0.3, -0.25) is 4.79 Å². The van der Waals surface area contributed by atoms with Crippen molar-refractivity contribution in [1.82, 2.24) is 0 Å². The van der Waals surface area contributed by atoms with E-state index in [9.17, 15) is 4.79 Å². The van der Waals surface area contributed by atoms with Crippen molar-refractivity contribution >= 4 is 5.78 Å². The third-order valence-corrected chi connectivity index (χ3v) is 3.25. The molecule has 0 saturated carbocycles. The van der Waals surface area contributed by atoms with Crippen molar-refractivity contribution in [3.05, 3.63) is 29.3 Å². The minimum atomic E-state index is -0.0751. The molecule has 1 aliphatic heterocycles. The van der Waals surface area contributed by atoms with E-state index >= 15 is 0 Å². The van der Waals surface area contributed by atoms with Crippen molar-refractivity contribution in [1.29, 1.82) is 0 Å². The van der Waals surface area contributed by atoms with E-state index in [0.717, 1.165) is 17.7 Å². The molecule has 1 heterocycles. The van der Waals surface area contributed by atoms with E-state index in [2.05, 4.69) is 33.8 Å². The van der Waals surface area contributed by atoms with E-state index in [0.29, 0.717) is 18.9 Å². The lowest BCUT2D eigenvalue weighted by Gasteiger charge is -2.19. The molecule has 0 bridgehead atoms. The molecular formula is C16H22O2. The number of ketones is 1. The largest absolute Gasteiger partial charge is 0.492 e. The van der Waals surface area contributed by atoms with Crippen LogP contribution in [0.5, 0.6) is 5.75 Å². The predicted molar refractivity (Wildman–Crippen MR) is 73.2 cm³/mol. The molecule has 0 aliphatic carbocycles. The lowest BCUT2D eigenvalue weighted by molar-refractivity contribution is 0.0918. The minimum Gasteiger partial charge on any atom is -0.492 e. The zero-order valence-corrected chi connectivity index (χ0v) is 11.7. The van der Waals surface area contributed by atoms with E-state index in [1.165, 1.54) is 5.56 Å².